The molecule has 0 saturated heterocycles. The molecular formula is C26H18BrNO4. The van der Waals surface area contributed by atoms with Crippen molar-refractivity contribution in [3.05, 3.63) is 111 Å². The summed E-state index contributed by atoms with van der Waals surface area (Å²) in [4.78, 5) is 29.0. The number of hydrogen-bond acceptors (Lipinski definition) is 5. The van der Waals surface area contributed by atoms with Gasteiger partial charge in [0.15, 0.2) is 5.70 Å². The van der Waals surface area contributed by atoms with Crippen molar-refractivity contribution in [1.82, 2.24) is 0 Å². The third-order valence-corrected chi connectivity index (χ3v) is 5.10. The Bertz CT molecular complexity index is 1260. The van der Waals surface area contributed by atoms with Crippen LogP contribution < -0.4 is 4.74 Å². The number of ether oxygens (including phenoxy) is 2. The number of cyclic esters (lactones) is 1. The van der Waals surface area contributed by atoms with Crippen LogP contribution in [0.2, 0.25) is 0 Å². The SMILES string of the molecule is Cc1ccc(C2=N/C(=C/c3cc(Br)ccc3OC(=O)/C=C/c3ccccc3)C(=O)O2)cc1. The zero-order valence-corrected chi connectivity index (χ0v) is 18.7. The van der Waals surface area contributed by atoms with Gasteiger partial charge >= 0.3 is 11.9 Å². The molecule has 0 aromatic heterocycles. The molecule has 6 heteroatoms. The van der Waals surface area contributed by atoms with E-state index in [9.17, 15) is 9.59 Å². The lowest BCUT2D eigenvalue weighted by Gasteiger charge is -2.06. The average Bonchev–Trinajstić information content (AvgIpc) is 3.15. The minimum atomic E-state index is -0.568. The van der Waals surface area contributed by atoms with Crippen molar-refractivity contribution >= 4 is 45.9 Å². The van der Waals surface area contributed by atoms with Gasteiger partial charge in [0, 0.05) is 21.7 Å². The monoisotopic (exact) mass is 487 g/mol. The Morgan fingerprint density at radius 3 is 2.53 bits per heavy atom. The van der Waals surface area contributed by atoms with Gasteiger partial charge < -0.3 is 9.47 Å². The van der Waals surface area contributed by atoms with Gasteiger partial charge in [-0.05, 0) is 55.0 Å². The molecule has 1 aliphatic heterocycles. The molecule has 0 bridgehead atoms. The van der Waals surface area contributed by atoms with Gasteiger partial charge in [-0.3, -0.25) is 0 Å². The number of aryl methyl sites for hydroxylation is 1. The van der Waals surface area contributed by atoms with Gasteiger partial charge in [0.1, 0.15) is 5.75 Å². The van der Waals surface area contributed by atoms with Gasteiger partial charge in [-0.2, -0.15) is 0 Å². The highest BCUT2D eigenvalue weighted by Crippen LogP contribution is 2.28. The molecule has 158 valence electrons. The molecule has 3 aromatic carbocycles. The number of hydrogen-bond donors (Lipinski definition) is 0. The van der Waals surface area contributed by atoms with Crippen molar-refractivity contribution in [3.8, 4) is 5.75 Å². The lowest BCUT2D eigenvalue weighted by Crippen LogP contribution is -2.06. The number of carbonyl (C=O) groups excluding carboxylic acids is 2. The van der Waals surface area contributed by atoms with Gasteiger partial charge in [0.2, 0.25) is 5.90 Å². The predicted octanol–water partition coefficient (Wildman–Crippen LogP) is 5.72. The Hall–Kier alpha value is -3.77. The lowest BCUT2D eigenvalue weighted by atomic mass is 10.1. The van der Waals surface area contributed by atoms with Crippen LogP contribution in [0.5, 0.6) is 5.75 Å². The maximum Gasteiger partial charge on any atom is 0.363 e. The van der Waals surface area contributed by atoms with Gasteiger partial charge in [0.05, 0.1) is 0 Å². The second-order valence-corrected chi connectivity index (χ2v) is 7.97. The first kappa shape index (κ1) is 21.5. The number of esters is 2. The number of aliphatic imine (C=N–C) groups is 1. The molecule has 0 amide bonds. The number of rotatable bonds is 5. The fourth-order valence-corrected chi connectivity index (χ4v) is 3.35. The molecule has 5 nitrogen and oxygen atoms in total. The third kappa shape index (κ3) is 5.28. The van der Waals surface area contributed by atoms with Crippen LogP contribution in [-0.4, -0.2) is 17.8 Å². The molecular weight excluding hydrogens is 470 g/mol. The molecule has 0 radical (unpaired) electrons. The molecule has 0 aliphatic carbocycles. The largest absolute Gasteiger partial charge is 0.423 e. The standard InChI is InChI=1S/C26H18BrNO4/c1-17-7-10-19(11-8-17)25-28-22(26(30)32-25)16-20-15-21(27)12-13-23(20)31-24(29)14-9-18-5-3-2-4-6-18/h2-16H,1H3/b14-9+,22-16+. The van der Waals surface area contributed by atoms with E-state index in [-0.39, 0.29) is 11.6 Å². The molecule has 0 atom stereocenters. The Morgan fingerprint density at radius 2 is 1.78 bits per heavy atom. The van der Waals surface area contributed by atoms with Crippen LogP contribution in [0.4, 0.5) is 0 Å². The van der Waals surface area contributed by atoms with E-state index in [1.807, 2.05) is 61.5 Å². The number of benzene rings is 3. The molecule has 0 N–H and O–H groups in total. The van der Waals surface area contributed by atoms with Crippen molar-refractivity contribution in [2.75, 3.05) is 0 Å². The van der Waals surface area contributed by atoms with Crippen LogP contribution in [0.15, 0.2) is 94.0 Å². The summed E-state index contributed by atoms with van der Waals surface area (Å²) in [5.41, 5.74) is 3.32. The van der Waals surface area contributed by atoms with Crippen molar-refractivity contribution in [1.29, 1.82) is 0 Å². The van der Waals surface area contributed by atoms with Crippen LogP contribution in [0.1, 0.15) is 22.3 Å². The summed E-state index contributed by atoms with van der Waals surface area (Å²) in [6.45, 7) is 1.97. The summed E-state index contributed by atoms with van der Waals surface area (Å²) in [7, 11) is 0. The van der Waals surface area contributed by atoms with E-state index in [0.29, 0.717) is 16.9 Å². The lowest BCUT2D eigenvalue weighted by molar-refractivity contribution is -0.130. The first-order valence-corrected chi connectivity index (χ1v) is 10.6. The van der Waals surface area contributed by atoms with E-state index < -0.39 is 11.9 Å². The zero-order chi connectivity index (χ0) is 22.5. The topological polar surface area (TPSA) is 65.0 Å². The summed E-state index contributed by atoms with van der Waals surface area (Å²) < 4.78 is 11.6. The molecule has 0 saturated carbocycles. The second kappa shape index (κ2) is 9.58. The summed E-state index contributed by atoms with van der Waals surface area (Å²) >= 11 is 3.41. The molecule has 4 rings (SSSR count). The van der Waals surface area contributed by atoms with Crippen molar-refractivity contribution < 1.29 is 19.1 Å². The van der Waals surface area contributed by atoms with Gasteiger partial charge in [-0.1, -0.05) is 64.0 Å². The van der Waals surface area contributed by atoms with E-state index in [2.05, 4.69) is 20.9 Å². The van der Waals surface area contributed by atoms with Crippen LogP contribution in [-0.2, 0) is 14.3 Å². The molecule has 1 heterocycles. The summed E-state index contributed by atoms with van der Waals surface area (Å²) in [5.74, 6) is -0.564. The van der Waals surface area contributed by atoms with E-state index in [1.165, 1.54) is 12.2 Å². The first-order chi connectivity index (χ1) is 15.5. The van der Waals surface area contributed by atoms with Crippen molar-refractivity contribution in [3.63, 3.8) is 0 Å². The third-order valence-electron chi connectivity index (χ3n) is 4.61. The fourth-order valence-electron chi connectivity index (χ4n) is 2.97. The molecule has 0 unspecified atom stereocenters. The normalized spacial score (nSPS) is 14.5. The first-order valence-electron chi connectivity index (χ1n) is 9.82. The maximum absolute atomic E-state index is 12.4. The zero-order valence-electron chi connectivity index (χ0n) is 17.1. The molecule has 0 fully saturated rings. The molecule has 3 aromatic rings. The minimum Gasteiger partial charge on any atom is -0.423 e. The van der Waals surface area contributed by atoms with Gasteiger partial charge in [0.25, 0.3) is 0 Å². The highest BCUT2D eigenvalue weighted by atomic mass is 79.9. The van der Waals surface area contributed by atoms with Crippen LogP contribution in [0, 0.1) is 6.92 Å². The molecule has 0 spiro atoms. The van der Waals surface area contributed by atoms with Crippen molar-refractivity contribution in [2.24, 2.45) is 4.99 Å². The Balaban J connectivity index is 1.58. The molecule has 1 aliphatic rings. The highest BCUT2D eigenvalue weighted by Gasteiger charge is 2.24. The van der Waals surface area contributed by atoms with E-state index in [4.69, 9.17) is 9.47 Å². The quantitative estimate of drug-likeness (QED) is 0.262. The van der Waals surface area contributed by atoms with Gasteiger partial charge in [-0.15, -0.1) is 0 Å². The predicted molar refractivity (Wildman–Crippen MR) is 127 cm³/mol. The van der Waals surface area contributed by atoms with Crippen LogP contribution >= 0.6 is 15.9 Å². The fraction of sp³-hybridized carbons (Fsp3) is 0.0385. The van der Waals surface area contributed by atoms with E-state index in [0.717, 1.165) is 15.6 Å². The van der Waals surface area contributed by atoms with Crippen LogP contribution in [0.3, 0.4) is 0 Å². The highest BCUT2D eigenvalue weighted by molar-refractivity contribution is 9.10. The smallest absolute Gasteiger partial charge is 0.363 e. The van der Waals surface area contributed by atoms with Crippen molar-refractivity contribution in [2.45, 2.75) is 6.92 Å². The molecule has 32 heavy (non-hydrogen) atoms. The average molecular weight is 488 g/mol. The van der Waals surface area contributed by atoms with Crippen LogP contribution in [0.25, 0.3) is 12.2 Å². The second-order valence-electron chi connectivity index (χ2n) is 7.05. The Labute approximate surface area is 193 Å². The number of halogens is 1. The number of nitrogens with zero attached hydrogens (tertiary/aromatic N) is 1. The van der Waals surface area contributed by atoms with E-state index in [1.54, 1.807) is 24.3 Å². The Morgan fingerprint density at radius 1 is 1.03 bits per heavy atom. The summed E-state index contributed by atoms with van der Waals surface area (Å²) in [6.07, 6.45) is 4.56. The van der Waals surface area contributed by atoms with Gasteiger partial charge in [-0.25, -0.2) is 14.6 Å². The maximum atomic E-state index is 12.4. The Kier molecular flexibility index (Phi) is 6.42. The summed E-state index contributed by atoms with van der Waals surface area (Å²) in [6, 6.07) is 22.1. The van der Waals surface area contributed by atoms with E-state index >= 15 is 0 Å². The minimum absolute atomic E-state index is 0.121. The summed E-state index contributed by atoms with van der Waals surface area (Å²) in [5, 5.41) is 0. The number of carbonyl (C=O) groups is 2.